The molecule has 29 heavy (non-hydrogen) atoms. The van der Waals surface area contributed by atoms with E-state index in [1.54, 1.807) is 11.3 Å². The lowest BCUT2D eigenvalue weighted by atomic mass is 10.2. The van der Waals surface area contributed by atoms with E-state index in [0.717, 1.165) is 36.0 Å². The van der Waals surface area contributed by atoms with Gasteiger partial charge < -0.3 is 5.32 Å². The minimum atomic E-state index is -4.14. The SMILES string of the molecule is CSCCC(NS(=O)(=O)c1ccccc1F)C(=O)NCCCCc1nc(C)cs1. The van der Waals surface area contributed by atoms with Crippen molar-refractivity contribution in [3.63, 3.8) is 0 Å². The Balaban J connectivity index is 1.89. The van der Waals surface area contributed by atoms with E-state index in [9.17, 15) is 17.6 Å². The third-order valence-electron chi connectivity index (χ3n) is 4.13. The maximum absolute atomic E-state index is 13.9. The van der Waals surface area contributed by atoms with Crippen LogP contribution >= 0.6 is 23.1 Å². The maximum Gasteiger partial charge on any atom is 0.244 e. The van der Waals surface area contributed by atoms with E-state index in [1.807, 2.05) is 18.6 Å². The summed E-state index contributed by atoms with van der Waals surface area (Å²) in [5.74, 6) is -0.646. The summed E-state index contributed by atoms with van der Waals surface area (Å²) >= 11 is 3.13. The Labute approximate surface area is 179 Å². The molecule has 160 valence electrons. The van der Waals surface area contributed by atoms with Crippen LogP contribution in [0.25, 0.3) is 0 Å². The van der Waals surface area contributed by atoms with Gasteiger partial charge in [0.2, 0.25) is 15.9 Å². The molecule has 0 aliphatic heterocycles. The number of halogens is 1. The highest BCUT2D eigenvalue weighted by Gasteiger charge is 2.27. The second-order valence-electron chi connectivity index (χ2n) is 6.52. The largest absolute Gasteiger partial charge is 0.355 e. The summed E-state index contributed by atoms with van der Waals surface area (Å²) in [4.78, 5) is 16.5. The molecule has 0 spiro atoms. The van der Waals surface area contributed by atoms with Crippen LogP contribution in [0.4, 0.5) is 4.39 Å². The Bertz CT molecular complexity index is 903. The molecular weight excluding hydrogens is 433 g/mol. The number of rotatable bonds is 12. The number of aromatic nitrogens is 1. The fourth-order valence-corrected chi connectivity index (χ4v) is 5.24. The number of amides is 1. The molecule has 2 N–H and O–H groups in total. The van der Waals surface area contributed by atoms with Crippen molar-refractivity contribution < 1.29 is 17.6 Å². The topological polar surface area (TPSA) is 88.2 Å². The van der Waals surface area contributed by atoms with E-state index in [-0.39, 0.29) is 0 Å². The molecule has 6 nitrogen and oxygen atoms in total. The van der Waals surface area contributed by atoms with Crippen LogP contribution in [0.1, 0.15) is 30.0 Å². The second-order valence-corrected chi connectivity index (χ2v) is 10.1. The van der Waals surface area contributed by atoms with E-state index in [2.05, 4.69) is 15.0 Å². The zero-order valence-electron chi connectivity index (χ0n) is 16.5. The van der Waals surface area contributed by atoms with Crippen molar-refractivity contribution in [2.45, 2.75) is 43.5 Å². The van der Waals surface area contributed by atoms with Crippen molar-refractivity contribution in [1.82, 2.24) is 15.0 Å². The number of nitrogens with zero attached hydrogens (tertiary/aromatic N) is 1. The van der Waals surface area contributed by atoms with Gasteiger partial charge in [-0.3, -0.25) is 4.79 Å². The van der Waals surface area contributed by atoms with Crippen LogP contribution in [0, 0.1) is 12.7 Å². The average Bonchev–Trinajstić information content (AvgIpc) is 3.10. The first-order valence-corrected chi connectivity index (χ1v) is 13.0. The first-order chi connectivity index (χ1) is 13.8. The van der Waals surface area contributed by atoms with E-state index < -0.39 is 32.7 Å². The van der Waals surface area contributed by atoms with E-state index >= 15 is 0 Å². The number of thiazole rings is 1. The Morgan fingerprint density at radius 3 is 2.72 bits per heavy atom. The van der Waals surface area contributed by atoms with Gasteiger partial charge in [-0.1, -0.05) is 12.1 Å². The molecule has 1 aromatic carbocycles. The number of benzene rings is 1. The van der Waals surface area contributed by atoms with Crippen LogP contribution in [0.3, 0.4) is 0 Å². The molecule has 0 aliphatic rings. The fourth-order valence-electron chi connectivity index (χ4n) is 2.65. The summed E-state index contributed by atoms with van der Waals surface area (Å²) in [6, 6.07) is 4.17. The number of hydrogen-bond donors (Lipinski definition) is 2. The van der Waals surface area contributed by atoms with Gasteiger partial charge >= 0.3 is 0 Å². The molecule has 1 aromatic heterocycles. The number of thioether (sulfide) groups is 1. The van der Waals surface area contributed by atoms with E-state index in [1.165, 1.54) is 30.0 Å². The van der Waals surface area contributed by atoms with Gasteiger partial charge in [-0.2, -0.15) is 16.5 Å². The molecular formula is C19H26FN3O3S3. The summed E-state index contributed by atoms with van der Waals surface area (Å²) in [5.41, 5.74) is 1.01. The number of hydrogen-bond acceptors (Lipinski definition) is 6. The third-order valence-corrected chi connectivity index (χ3v) is 7.31. The van der Waals surface area contributed by atoms with Crippen LogP contribution in [0.5, 0.6) is 0 Å². The fraction of sp³-hybridized carbons (Fsp3) is 0.474. The Hall–Kier alpha value is -1.49. The van der Waals surface area contributed by atoms with Crippen LogP contribution < -0.4 is 10.0 Å². The molecule has 2 rings (SSSR count). The van der Waals surface area contributed by atoms with E-state index in [0.29, 0.717) is 18.7 Å². The number of carbonyl (C=O) groups excluding carboxylic acids is 1. The van der Waals surface area contributed by atoms with E-state index in [4.69, 9.17) is 0 Å². The van der Waals surface area contributed by atoms with Gasteiger partial charge in [-0.15, -0.1) is 11.3 Å². The molecule has 1 unspecified atom stereocenters. The number of unbranched alkanes of at least 4 members (excludes halogenated alkanes) is 1. The predicted octanol–water partition coefficient (Wildman–Crippen LogP) is 3.13. The molecule has 2 aromatic rings. The predicted molar refractivity (Wildman–Crippen MR) is 116 cm³/mol. The molecule has 0 fully saturated rings. The van der Waals surface area contributed by atoms with Gasteiger partial charge in [0.1, 0.15) is 16.8 Å². The smallest absolute Gasteiger partial charge is 0.244 e. The summed E-state index contributed by atoms with van der Waals surface area (Å²) in [6.07, 6.45) is 4.69. The zero-order chi connectivity index (χ0) is 21.3. The minimum Gasteiger partial charge on any atom is -0.355 e. The monoisotopic (exact) mass is 459 g/mol. The Morgan fingerprint density at radius 2 is 2.07 bits per heavy atom. The third kappa shape index (κ3) is 7.69. The Kier molecular flexibility index (Phi) is 9.54. The van der Waals surface area contributed by atoms with Gasteiger partial charge in [-0.05, 0) is 56.7 Å². The molecule has 0 bridgehead atoms. The standard InChI is InChI=1S/C19H26FN3O3S3/c1-14-13-28-18(22-14)9-5-6-11-21-19(24)16(10-12-27-2)23-29(25,26)17-8-4-3-7-15(17)20/h3-4,7-8,13,16,23H,5-6,9-12H2,1-2H3,(H,21,24). The van der Waals surface area contributed by atoms with Gasteiger partial charge in [0, 0.05) is 17.6 Å². The lowest BCUT2D eigenvalue weighted by Crippen LogP contribution is -2.47. The maximum atomic E-state index is 13.9. The van der Waals surface area contributed by atoms with Gasteiger partial charge in [0.05, 0.1) is 5.01 Å². The zero-order valence-corrected chi connectivity index (χ0v) is 18.9. The molecule has 1 heterocycles. The van der Waals surface area contributed by atoms with Gasteiger partial charge in [0.25, 0.3) is 0 Å². The molecule has 1 atom stereocenters. The number of nitrogens with one attached hydrogen (secondary N) is 2. The first kappa shape index (κ1) is 23.8. The molecule has 10 heteroatoms. The first-order valence-electron chi connectivity index (χ1n) is 9.28. The normalized spacial score (nSPS) is 12.7. The summed E-state index contributed by atoms with van der Waals surface area (Å²) in [5, 5.41) is 5.87. The number of aryl methyl sites for hydroxylation is 2. The average molecular weight is 460 g/mol. The lowest BCUT2D eigenvalue weighted by Gasteiger charge is -2.18. The summed E-state index contributed by atoms with van der Waals surface area (Å²) in [7, 11) is -4.14. The summed E-state index contributed by atoms with van der Waals surface area (Å²) < 4.78 is 41.3. The molecule has 0 saturated heterocycles. The lowest BCUT2D eigenvalue weighted by molar-refractivity contribution is -0.122. The van der Waals surface area contributed by atoms with Crippen molar-refractivity contribution in [3.8, 4) is 0 Å². The van der Waals surface area contributed by atoms with Crippen molar-refractivity contribution >= 4 is 39.0 Å². The second kappa shape index (κ2) is 11.6. The van der Waals surface area contributed by atoms with Crippen LogP contribution in [-0.2, 0) is 21.2 Å². The number of sulfonamides is 1. The van der Waals surface area contributed by atoms with Crippen molar-refractivity contribution in [3.05, 3.63) is 46.2 Å². The quantitative estimate of drug-likeness (QED) is 0.476. The molecule has 0 saturated carbocycles. The molecule has 0 radical (unpaired) electrons. The molecule has 1 amide bonds. The minimum absolute atomic E-state index is 0.319. The van der Waals surface area contributed by atoms with Gasteiger partial charge in [0.15, 0.2) is 0 Å². The van der Waals surface area contributed by atoms with Crippen molar-refractivity contribution in [2.75, 3.05) is 18.6 Å². The van der Waals surface area contributed by atoms with Crippen molar-refractivity contribution in [2.24, 2.45) is 0 Å². The van der Waals surface area contributed by atoms with Crippen LogP contribution in [0.2, 0.25) is 0 Å². The van der Waals surface area contributed by atoms with Crippen molar-refractivity contribution in [1.29, 1.82) is 0 Å². The Morgan fingerprint density at radius 1 is 1.31 bits per heavy atom. The van der Waals surface area contributed by atoms with Gasteiger partial charge in [-0.25, -0.2) is 17.8 Å². The highest BCUT2D eigenvalue weighted by atomic mass is 32.2. The van der Waals surface area contributed by atoms with Crippen LogP contribution in [0.15, 0.2) is 34.5 Å². The highest BCUT2D eigenvalue weighted by molar-refractivity contribution is 7.98. The highest BCUT2D eigenvalue weighted by Crippen LogP contribution is 2.15. The number of carbonyl (C=O) groups is 1. The molecule has 0 aliphatic carbocycles. The summed E-state index contributed by atoms with van der Waals surface area (Å²) in [6.45, 7) is 2.40. The van der Waals surface area contributed by atoms with Crippen LogP contribution in [-0.4, -0.2) is 43.9 Å².